The normalized spacial score (nSPS) is 19.8. The number of guanidine groups is 1. The van der Waals surface area contributed by atoms with Crippen molar-refractivity contribution in [2.75, 3.05) is 13.1 Å². The maximum atomic E-state index is 13.7. The van der Waals surface area contributed by atoms with Crippen LogP contribution in [0.2, 0.25) is 0 Å². The average molecular weight is 376 g/mol. The molecule has 3 heterocycles. The zero-order chi connectivity index (χ0) is 19.1. The number of nitrogens with zero attached hydrogens (tertiary/aromatic N) is 7. The summed E-state index contributed by atoms with van der Waals surface area (Å²) in [5.74, 6) is 0.909. The Hall–Kier alpha value is -2.25. The monoisotopic (exact) mass is 376 g/mol. The predicted molar refractivity (Wildman–Crippen MR) is 102 cm³/mol. The lowest BCUT2D eigenvalue weighted by Gasteiger charge is -2.30. The molecule has 3 rings (SSSR count). The molecule has 0 aromatic carbocycles. The van der Waals surface area contributed by atoms with Crippen LogP contribution in [0.5, 0.6) is 0 Å². The van der Waals surface area contributed by atoms with Gasteiger partial charge in [-0.05, 0) is 63.2 Å². The van der Waals surface area contributed by atoms with Crippen molar-refractivity contribution in [2.45, 2.75) is 41.5 Å². The van der Waals surface area contributed by atoms with Crippen LogP contribution >= 0.6 is 7.94 Å². The standard InChI is InChI=1S/C16H25N8OP/c1-7-22(8-2)15-17-16(23-13(5)9-11(3)18-23)21-26(25,20-15)24-14(6)10-12(4)19-24/h9-10H,7-8H2,1-6H3,(H,17,20,21,25). The predicted octanol–water partition coefficient (Wildman–Crippen LogP) is 1.40. The highest BCUT2D eigenvalue weighted by atomic mass is 31.2. The van der Waals surface area contributed by atoms with Crippen molar-refractivity contribution in [3.05, 3.63) is 34.9 Å². The molecule has 1 unspecified atom stereocenters. The van der Waals surface area contributed by atoms with Crippen molar-refractivity contribution in [3.63, 3.8) is 0 Å². The van der Waals surface area contributed by atoms with Crippen molar-refractivity contribution >= 4 is 19.9 Å². The molecule has 2 aromatic rings. The smallest absolute Gasteiger partial charge is 0.338 e. The third-order valence-electron chi connectivity index (χ3n) is 4.18. The fraction of sp³-hybridized carbons (Fsp3) is 0.500. The van der Waals surface area contributed by atoms with Crippen LogP contribution in [0.1, 0.15) is 36.6 Å². The van der Waals surface area contributed by atoms with Crippen molar-refractivity contribution in [2.24, 2.45) is 9.53 Å². The Kier molecular flexibility index (Phi) is 4.86. The molecule has 9 nitrogen and oxygen atoms in total. The molecule has 1 atom stereocenters. The molecule has 0 fully saturated rings. The Labute approximate surface area is 154 Å². The Morgan fingerprint density at radius 1 is 1.00 bits per heavy atom. The van der Waals surface area contributed by atoms with Crippen molar-refractivity contribution in [1.29, 1.82) is 0 Å². The minimum absolute atomic E-state index is 0.392. The first kappa shape index (κ1) is 18.5. The van der Waals surface area contributed by atoms with Gasteiger partial charge in [0.05, 0.1) is 17.1 Å². The van der Waals surface area contributed by atoms with Crippen LogP contribution in [0.25, 0.3) is 0 Å². The molecule has 10 heteroatoms. The quantitative estimate of drug-likeness (QED) is 0.817. The summed E-state index contributed by atoms with van der Waals surface area (Å²) >= 11 is 0. The molecule has 0 bridgehead atoms. The van der Waals surface area contributed by atoms with Crippen LogP contribution < -0.4 is 10.2 Å². The lowest BCUT2D eigenvalue weighted by molar-refractivity contribution is -0.174. The van der Waals surface area contributed by atoms with Crippen LogP contribution in [0.4, 0.5) is 0 Å². The Balaban J connectivity index is 2.16. The summed E-state index contributed by atoms with van der Waals surface area (Å²) in [6.45, 7) is 13.1. The molecule has 0 aliphatic carbocycles. The van der Waals surface area contributed by atoms with Crippen LogP contribution in [-0.4, -0.2) is 49.2 Å². The third kappa shape index (κ3) is 3.24. The SMILES string of the molecule is CCN(CC)C1=N[P+]([O-])(n2nc(C)cc2C)N=C(n2nc(C)cc2C)N1. The zero-order valence-corrected chi connectivity index (χ0v) is 16.9. The van der Waals surface area contributed by atoms with Gasteiger partial charge in [0.15, 0.2) is 0 Å². The topological polar surface area (TPSA) is 98.7 Å². The fourth-order valence-corrected chi connectivity index (χ4v) is 4.73. The van der Waals surface area contributed by atoms with E-state index in [0.29, 0.717) is 11.9 Å². The average Bonchev–Trinajstić information content (AvgIpc) is 3.09. The van der Waals surface area contributed by atoms with Crippen molar-refractivity contribution in [3.8, 4) is 0 Å². The van der Waals surface area contributed by atoms with Gasteiger partial charge in [0.25, 0.3) is 5.96 Å². The summed E-state index contributed by atoms with van der Waals surface area (Å²) in [5.41, 5.74) is 3.29. The highest BCUT2D eigenvalue weighted by Gasteiger charge is 2.39. The molecule has 140 valence electrons. The van der Waals surface area contributed by atoms with E-state index in [0.717, 1.165) is 35.9 Å². The van der Waals surface area contributed by atoms with Gasteiger partial charge in [-0.25, -0.2) is 4.68 Å². The molecule has 0 spiro atoms. The summed E-state index contributed by atoms with van der Waals surface area (Å²) in [5, 5.41) is 12.0. The fourth-order valence-electron chi connectivity index (χ4n) is 2.99. The summed E-state index contributed by atoms with van der Waals surface area (Å²) in [6, 6.07) is 3.81. The number of nitrogens with one attached hydrogen (secondary N) is 1. The van der Waals surface area contributed by atoms with Gasteiger partial charge in [-0.3, -0.25) is 5.32 Å². The van der Waals surface area contributed by atoms with Crippen LogP contribution in [0.3, 0.4) is 0 Å². The highest BCUT2D eigenvalue weighted by Crippen LogP contribution is 2.56. The largest absolute Gasteiger partial charge is 0.618 e. The van der Waals surface area contributed by atoms with E-state index in [4.69, 9.17) is 0 Å². The van der Waals surface area contributed by atoms with E-state index in [9.17, 15) is 4.89 Å². The van der Waals surface area contributed by atoms with E-state index < -0.39 is 7.94 Å². The van der Waals surface area contributed by atoms with E-state index in [2.05, 4.69) is 25.0 Å². The number of aromatic nitrogens is 4. The lowest BCUT2D eigenvalue weighted by atomic mass is 10.4. The summed E-state index contributed by atoms with van der Waals surface area (Å²) < 4.78 is 12.0. The molecule has 0 amide bonds. The van der Waals surface area contributed by atoms with E-state index in [1.807, 2.05) is 58.6 Å². The number of rotatable bonds is 3. The van der Waals surface area contributed by atoms with Gasteiger partial charge in [-0.1, -0.05) is 4.45 Å². The molecule has 0 radical (unpaired) electrons. The molecule has 1 aliphatic heterocycles. The first-order valence-electron chi connectivity index (χ1n) is 8.67. The maximum Gasteiger partial charge on any atom is 0.338 e. The van der Waals surface area contributed by atoms with Crippen molar-refractivity contribution < 1.29 is 4.89 Å². The van der Waals surface area contributed by atoms with Crippen LogP contribution in [-0.2, 0) is 0 Å². The minimum atomic E-state index is -3.53. The van der Waals surface area contributed by atoms with E-state index in [1.165, 1.54) is 4.45 Å². The van der Waals surface area contributed by atoms with Crippen LogP contribution in [0, 0.1) is 27.7 Å². The summed E-state index contributed by atoms with van der Waals surface area (Å²) in [7, 11) is -3.53. The Morgan fingerprint density at radius 3 is 2.12 bits per heavy atom. The maximum absolute atomic E-state index is 13.7. The number of hydrogen-bond acceptors (Lipinski definition) is 7. The summed E-state index contributed by atoms with van der Waals surface area (Å²) in [4.78, 5) is 15.7. The highest BCUT2D eigenvalue weighted by molar-refractivity contribution is 7.65. The second-order valence-electron chi connectivity index (χ2n) is 6.31. The Morgan fingerprint density at radius 2 is 1.62 bits per heavy atom. The lowest BCUT2D eigenvalue weighted by Crippen LogP contribution is -2.49. The second kappa shape index (κ2) is 6.81. The number of aryl methyl sites for hydroxylation is 4. The zero-order valence-electron chi connectivity index (χ0n) is 16.1. The molecule has 1 N–H and O–H groups in total. The van der Waals surface area contributed by atoms with Crippen molar-refractivity contribution in [1.82, 2.24) is 29.5 Å². The Bertz CT molecular complexity index is 879. The van der Waals surface area contributed by atoms with Gasteiger partial charge in [0, 0.05) is 18.8 Å². The van der Waals surface area contributed by atoms with Gasteiger partial charge in [0.1, 0.15) is 0 Å². The van der Waals surface area contributed by atoms with Crippen LogP contribution in [0.15, 0.2) is 21.7 Å². The van der Waals surface area contributed by atoms with Gasteiger partial charge in [0.2, 0.25) is 5.96 Å². The third-order valence-corrected chi connectivity index (χ3v) is 5.98. The summed E-state index contributed by atoms with van der Waals surface area (Å²) in [6.07, 6.45) is 0. The molecule has 0 saturated heterocycles. The first-order chi connectivity index (χ1) is 12.3. The molecular formula is C16H25N8OP. The first-order valence-corrected chi connectivity index (χ1v) is 10.2. The molecule has 26 heavy (non-hydrogen) atoms. The van der Waals surface area contributed by atoms with Gasteiger partial charge in [-0.2, -0.15) is 5.10 Å². The molecular weight excluding hydrogens is 351 g/mol. The van der Waals surface area contributed by atoms with Gasteiger partial charge >= 0.3 is 7.94 Å². The van der Waals surface area contributed by atoms with E-state index in [-0.39, 0.29) is 0 Å². The molecule has 2 aromatic heterocycles. The molecule has 0 saturated carbocycles. The van der Waals surface area contributed by atoms with E-state index >= 15 is 0 Å². The number of hydrogen-bond donors (Lipinski definition) is 1. The van der Waals surface area contributed by atoms with Gasteiger partial charge < -0.3 is 9.79 Å². The van der Waals surface area contributed by atoms with E-state index in [1.54, 1.807) is 4.68 Å². The second-order valence-corrected chi connectivity index (χ2v) is 8.12. The molecule has 1 aliphatic rings. The minimum Gasteiger partial charge on any atom is -0.618 e. The van der Waals surface area contributed by atoms with Gasteiger partial charge in [-0.15, -0.1) is 5.10 Å².